The van der Waals surface area contributed by atoms with E-state index >= 15 is 0 Å². The Morgan fingerprint density at radius 1 is 0.833 bits per heavy atom. The van der Waals surface area contributed by atoms with E-state index in [0.717, 1.165) is 10.3 Å². The maximum Gasteiger partial charge on any atom is 0.514 e. The molecule has 0 aromatic heterocycles. The lowest BCUT2D eigenvalue weighted by molar-refractivity contribution is -0.137. The molecule has 0 saturated carbocycles. The Bertz CT molecular complexity index is 923. The van der Waals surface area contributed by atoms with Crippen LogP contribution in [0.25, 0.3) is 10.8 Å². The summed E-state index contributed by atoms with van der Waals surface area (Å²) in [6.07, 6.45) is -2.60. The Labute approximate surface area is 178 Å². The van der Waals surface area contributed by atoms with Crippen molar-refractivity contribution in [2.45, 2.75) is 44.8 Å². The molecule has 0 heterocycles. The minimum Gasteiger partial charge on any atom is -0.468 e. The van der Waals surface area contributed by atoms with Gasteiger partial charge in [-0.1, -0.05) is 6.07 Å². The first-order valence-electron chi connectivity index (χ1n) is 9.22. The zero-order valence-corrected chi connectivity index (χ0v) is 18.2. The minimum atomic E-state index is -0.928. The lowest BCUT2D eigenvalue weighted by Crippen LogP contribution is -2.18. The van der Waals surface area contributed by atoms with Gasteiger partial charge >= 0.3 is 18.3 Å². The van der Waals surface area contributed by atoms with Gasteiger partial charge < -0.3 is 23.7 Å². The van der Waals surface area contributed by atoms with Gasteiger partial charge in [-0.15, -0.1) is 11.8 Å². The van der Waals surface area contributed by atoms with Gasteiger partial charge in [0.2, 0.25) is 0 Å². The minimum absolute atomic E-state index is 0.00368. The number of hydrogen-bond acceptors (Lipinski definition) is 9. The maximum atomic E-state index is 12.0. The van der Waals surface area contributed by atoms with Crippen LogP contribution in [-0.4, -0.2) is 43.4 Å². The lowest BCUT2D eigenvalue weighted by Gasteiger charge is -2.14. The summed E-state index contributed by atoms with van der Waals surface area (Å²) in [5.41, 5.74) is 0. The molecule has 2 aromatic rings. The Hall–Kier alpha value is -2.94. The van der Waals surface area contributed by atoms with Crippen molar-refractivity contribution in [3.8, 4) is 11.5 Å². The van der Waals surface area contributed by atoms with Crippen molar-refractivity contribution in [2.24, 2.45) is 0 Å². The highest BCUT2D eigenvalue weighted by Gasteiger charge is 2.18. The number of rotatable bonds is 7. The molecule has 0 aliphatic rings. The van der Waals surface area contributed by atoms with Crippen molar-refractivity contribution >= 4 is 40.8 Å². The van der Waals surface area contributed by atoms with Crippen LogP contribution < -0.4 is 9.47 Å². The third-order valence-corrected chi connectivity index (χ3v) is 4.48. The highest BCUT2D eigenvalue weighted by Crippen LogP contribution is 2.35. The van der Waals surface area contributed by atoms with E-state index in [2.05, 4.69) is 4.74 Å². The van der Waals surface area contributed by atoms with Crippen LogP contribution in [0.3, 0.4) is 0 Å². The van der Waals surface area contributed by atoms with E-state index in [4.69, 9.17) is 18.9 Å². The number of thioether (sulfide) groups is 1. The van der Waals surface area contributed by atoms with Crippen molar-refractivity contribution in [1.82, 2.24) is 0 Å². The molecule has 0 aliphatic heterocycles. The molecule has 0 amide bonds. The van der Waals surface area contributed by atoms with Gasteiger partial charge in [-0.3, -0.25) is 4.79 Å². The summed E-state index contributed by atoms with van der Waals surface area (Å²) in [6, 6.07) is 8.55. The van der Waals surface area contributed by atoms with Gasteiger partial charge in [-0.05, 0) is 62.7 Å². The second-order valence-corrected chi connectivity index (χ2v) is 7.76. The lowest BCUT2D eigenvalue weighted by atomic mass is 10.1. The third kappa shape index (κ3) is 7.14. The SMILES string of the molecule is COC(=O)CSc1ccc2cc(OC(=O)OC(C)C)c(OC(=O)OC(C)C)cc2c1. The Morgan fingerprint density at radius 2 is 1.37 bits per heavy atom. The van der Waals surface area contributed by atoms with Crippen molar-refractivity contribution in [2.75, 3.05) is 12.9 Å². The predicted octanol–water partition coefficient (Wildman–Crippen LogP) is 4.95. The van der Waals surface area contributed by atoms with E-state index in [1.54, 1.807) is 45.9 Å². The van der Waals surface area contributed by atoms with Gasteiger partial charge in [-0.2, -0.15) is 0 Å². The van der Waals surface area contributed by atoms with Crippen LogP contribution in [0, 0.1) is 0 Å². The summed E-state index contributed by atoms with van der Waals surface area (Å²) in [5.74, 6) is -0.158. The van der Waals surface area contributed by atoms with Crippen LogP contribution in [-0.2, 0) is 19.0 Å². The molecule has 8 nitrogen and oxygen atoms in total. The molecule has 30 heavy (non-hydrogen) atoms. The van der Waals surface area contributed by atoms with Gasteiger partial charge in [0.15, 0.2) is 11.5 Å². The first-order chi connectivity index (χ1) is 14.2. The van der Waals surface area contributed by atoms with E-state index in [1.165, 1.54) is 18.9 Å². The fourth-order valence-corrected chi connectivity index (χ4v) is 3.07. The molecule has 0 spiro atoms. The van der Waals surface area contributed by atoms with Crippen molar-refractivity contribution in [1.29, 1.82) is 0 Å². The van der Waals surface area contributed by atoms with Crippen LogP contribution in [0.15, 0.2) is 35.2 Å². The van der Waals surface area contributed by atoms with Gasteiger partial charge in [0.25, 0.3) is 0 Å². The maximum absolute atomic E-state index is 12.0. The number of fused-ring (bicyclic) bond motifs is 1. The number of carbonyl (C=O) groups excluding carboxylic acids is 3. The van der Waals surface area contributed by atoms with Gasteiger partial charge in [-0.25, -0.2) is 9.59 Å². The molecule has 0 bridgehead atoms. The summed E-state index contributed by atoms with van der Waals surface area (Å²) in [7, 11) is 1.33. The van der Waals surface area contributed by atoms with Gasteiger partial charge in [0.05, 0.1) is 25.1 Å². The fraction of sp³-hybridized carbons (Fsp3) is 0.381. The normalized spacial score (nSPS) is 10.8. The molecule has 0 aliphatic carbocycles. The number of benzene rings is 2. The Balaban J connectivity index is 2.36. The van der Waals surface area contributed by atoms with E-state index in [1.807, 2.05) is 12.1 Å². The molecule has 0 fully saturated rings. The first-order valence-corrected chi connectivity index (χ1v) is 10.2. The van der Waals surface area contributed by atoms with Crippen LogP contribution in [0.5, 0.6) is 11.5 Å². The molecule has 0 atom stereocenters. The average Bonchev–Trinajstić information content (AvgIpc) is 2.65. The third-order valence-electron chi connectivity index (χ3n) is 3.51. The van der Waals surface area contributed by atoms with Crippen molar-refractivity contribution in [3.63, 3.8) is 0 Å². The Kier molecular flexibility index (Phi) is 8.35. The molecule has 162 valence electrons. The molecule has 0 N–H and O–H groups in total. The van der Waals surface area contributed by atoms with Crippen LogP contribution >= 0.6 is 11.8 Å². The molecule has 2 aromatic carbocycles. The largest absolute Gasteiger partial charge is 0.514 e. The van der Waals surface area contributed by atoms with E-state index in [0.29, 0.717) is 5.39 Å². The van der Waals surface area contributed by atoms with E-state index < -0.39 is 12.3 Å². The summed E-state index contributed by atoms with van der Waals surface area (Å²) in [5, 5.41) is 1.44. The number of carbonyl (C=O) groups is 3. The second kappa shape index (κ2) is 10.7. The van der Waals surface area contributed by atoms with E-state index in [9.17, 15) is 14.4 Å². The Morgan fingerprint density at radius 3 is 1.87 bits per heavy atom. The number of methoxy groups -OCH3 is 1. The van der Waals surface area contributed by atoms with Crippen LogP contribution in [0.2, 0.25) is 0 Å². The zero-order chi connectivity index (χ0) is 22.3. The fourth-order valence-electron chi connectivity index (χ4n) is 2.30. The molecular formula is C21H24O8S. The number of esters is 1. The number of hydrogen-bond donors (Lipinski definition) is 0. The summed E-state index contributed by atoms with van der Waals surface area (Å²) >= 11 is 1.31. The molecule has 9 heteroatoms. The monoisotopic (exact) mass is 436 g/mol. The quantitative estimate of drug-likeness (QED) is 0.258. The summed E-state index contributed by atoms with van der Waals surface area (Å²) < 4.78 is 25.1. The highest BCUT2D eigenvalue weighted by atomic mass is 32.2. The molecule has 0 radical (unpaired) electrons. The predicted molar refractivity (Wildman–Crippen MR) is 111 cm³/mol. The summed E-state index contributed by atoms with van der Waals surface area (Å²) in [4.78, 5) is 36.1. The van der Waals surface area contributed by atoms with E-state index in [-0.39, 0.29) is 35.4 Å². The molecular weight excluding hydrogens is 412 g/mol. The summed E-state index contributed by atoms with van der Waals surface area (Å²) in [6.45, 7) is 6.74. The van der Waals surface area contributed by atoms with Gasteiger partial charge in [0, 0.05) is 4.90 Å². The average molecular weight is 436 g/mol. The van der Waals surface area contributed by atoms with Crippen molar-refractivity contribution in [3.05, 3.63) is 30.3 Å². The van der Waals surface area contributed by atoms with Gasteiger partial charge in [0.1, 0.15) is 0 Å². The molecule has 2 rings (SSSR count). The van der Waals surface area contributed by atoms with Crippen LogP contribution in [0.1, 0.15) is 27.7 Å². The number of ether oxygens (including phenoxy) is 5. The zero-order valence-electron chi connectivity index (χ0n) is 17.4. The topological polar surface area (TPSA) is 97.4 Å². The first kappa shape index (κ1) is 23.3. The van der Waals surface area contributed by atoms with Crippen molar-refractivity contribution < 1.29 is 38.1 Å². The van der Waals surface area contributed by atoms with Crippen LogP contribution in [0.4, 0.5) is 9.59 Å². The highest BCUT2D eigenvalue weighted by molar-refractivity contribution is 8.00. The smallest absolute Gasteiger partial charge is 0.468 e. The molecule has 0 unspecified atom stereocenters. The second-order valence-electron chi connectivity index (χ2n) is 6.71. The molecule has 0 saturated heterocycles. The standard InChI is InChI=1S/C21H24O8S/c1-12(2)26-20(23)28-17-9-14-6-7-16(30-11-19(22)25-5)8-15(14)10-18(17)29-21(24)27-13(3)4/h6-10,12-13H,11H2,1-5H3.